The number of alkyl halides is 2. The Balaban J connectivity index is 1.70. The van der Waals surface area contributed by atoms with Gasteiger partial charge in [0.1, 0.15) is 24.0 Å². The molecule has 2 aromatic carbocycles. The molecule has 2 aromatic heterocycles. The number of anilines is 3. The maximum absolute atomic E-state index is 14.8. The minimum Gasteiger partial charge on any atom is -0.363 e. The molecule has 4 rings (SSSR count). The highest BCUT2D eigenvalue weighted by molar-refractivity contribution is 5.92. The quantitative estimate of drug-likeness (QED) is 0.350. The van der Waals surface area contributed by atoms with Gasteiger partial charge in [-0.1, -0.05) is 18.2 Å². The van der Waals surface area contributed by atoms with Crippen molar-refractivity contribution in [3.05, 3.63) is 81.7 Å². The number of aromatic nitrogens is 4. The van der Waals surface area contributed by atoms with Crippen molar-refractivity contribution in [1.29, 1.82) is 0 Å². The van der Waals surface area contributed by atoms with Gasteiger partial charge in [-0.2, -0.15) is 5.10 Å². The topological polar surface area (TPSA) is 96.2 Å². The number of hydrogen-bond donors (Lipinski definition) is 1. The van der Waals surface area contributed by atoms with E-state index in [1.54, 1.807) is 58.1 Å². The molecule has 0 aliphatic carbocycles. The van der Waals surface area contributed by atoms with E-state index in [4.69, 9.17) is 0 Å². The fraction of sp³-hybridized carbons (Fsp3) is 0.296. The van der Waals surface area contributed by atoms with Gasteiger partial charge >= 0.3 is 0 Å². The maximum Gasteiger partial charge on any atom is 0.267 e. The lowest BCUT2D eigenvalue weighted by molar-refractivity contribution is -0.129. The van der Waals surface area contributed by atoms with E-state index in [0.717, 1.165) is 10.7 Å². The third-order valence-corrected chi connectivity index (χ3v) is 6.27. The Bertz CT molecular complexity index is 1590. The number of hydrogen-bond acceptors (Lipinski definition) is 7. The zero-order chi connectivity index (χ0) is 28.4. The Hall–Kier alpha value is -4.48. The second-order valence-corrected chi connectivity index (χ2v) is 9.27. The first-order valence-electron chi connectivity index (χ1n) is 12.1. The van der Waals surface area contributed by atoms with E-state index in [1.165, 1.54) is 23.1 Å². The van der Waals surface area contributed by atoms with Gasteiger partial charge in [-0.05, 0) is 38.1 Å². The number of aryl methyl sites for hydroxylation is 1. The highest BCUT2D eigenvalue weighted by Crippen LogP contribution is 2.32. The fourth-order valence-electron chi connectivity index (χ4n) is 4.04. The third kappa shape index (κ3) is 5.84. The predicted molar refractivity (Wildman–Crippen MR) is 143 cm³/mol. The molecule has 0 radical (unpaired) electrons. The smallest absolute Gasteiger partial charge is 0.267 e. The number of nitrogens with one attached hydrogen (secondary N) is 1. The first-order valence-corrected chi connectivity index (χ1v) is 12.1. The van der Waals surface area contributed by atoms with Gasteiger partial charge in [0.05, 0.1) is 17.1 Å². The Kier molecular flexibility index (Phi) is 7.84. The van der Waals surface area contributed by atoms with Gasteiger partial charge in [0, 0.05) is 43.8 Å². The highest BCUT2D eigenvalue weighted by Gasteiger charge is 2.21. The second-order valence-electron chi connectivity index (χ2n) is 9.27. The Morgan fingerprint density at radius 2 is 1.77 bits per heavy atom. The van der Waals surface area contributed by atoms with Crippen LogP contribution in [0.2, 0.25) is 0 Å². The van der Waals surface area contributed by atoms with E-state index in [-0.39, 0.29) is 18.0 Å². The first kappa shape index (κ1) is 27.6. The number of halogens is 3. The average molecular weight is 540 g/mol. The SMILES string of the molecule is Cc1nc(N[C@H](C)c2cccc(C(F)F)c2F)c2cc(N(C)c3ccc(=O)n(CC(=O)N(C)C)n3)ccc2n1. The Morgan fingerprint density at radius 1 is 1.05 bits per heavy atom. The summed E-state index contributed by atoms with van der Waals surface area (Å²) in [5.74, 6) is 0.0539. The molecule has 0 fully saturated rings. The van der Waals surface area contributed by atoms with Crippen LogP contribution in [-0.4, -0.2) is 51.7 Å². The fourth-order valence-corrected chi connectivity index (χ4v) is 4.04. The lowest BCUT2D eigenvalue weighted by Crippen LogP contribution is -2.33. The molecule has 0 saturated heterocycles. The molecule has 4 aromatic rings. The summed E-state index contributed by atoms with van der Waals surface area (Å²) in [4.78, 5) is 36.4. The molecule has 204 valence electrons. The minimum absolute atomic E-state index is 0.0872. The van der Waals surface area contributed by atoms with Crippen LogP contribution in [0.4, 0.5) is 30.5 Å². The normalized spacial score (nSPS) is 12.0. The van der Waals surface area contributed by atoms with Crippen LogP contribution in [0.3, 0.4) is 0 Å². The van der Waals surface area contributed by atoms with E-state index >= 15 is 0 Å². The summed E-state index contributed by atoms with van der Waals surface area (Å²) in [5, 5.41) is 8.10. The van der Waals surface area contributed by atoms with Crippen LogP contribution in [0.5, 0.6) is 0 Å². The average Bonchev–Trinajstić information content (AvgIpc) is 2.89. The third-order valence-electron chi connectivity index (χ3n) is 6.27. The van der Waals surface area contributed by atoms with Crippen molar-refractivity contribution in [1.82, 2.24) is 24.6 Å². The summed E-state index contributed by atoms with van der Waals surface area (Å²) in [6, 6.07) is 11.5. The molecule has 0 aliphatic rings. The largest absolute Gasteiger partial charge is 0.363 e. The Morgan fingerprint density at radius 3 is 2.46 bits per heavy atom. The van der Waals surface area contributed by atoms with Crippen LogP contribution in [0.1, 0.15) is 36.3 Å². The van der Waals surface area contributed by atoms with Crippen LogP contribution in [0, 0.1) is 12.7 Å². The van der Waals surface area contributed by atoms with E-state index in [1.807, 2.05) is 6.07 Å². The predicted octanol–water partition coefficient (Wildman–Crippen LogP) is 4.60. The number of rotatable bonds is 8. The number of nitrogens with zero attached hydrogens (tertiary/aromatic N) is 6. The second kappa shape index (κ2) is 11.1. The monoisotopic (exact) mass is 539 g/mol. The molecule has 2 heterocycles. The number of carbonyl (C=O) groups is 1. The summed E-state index contributed by atoms with van der Waals surface area (Å²) < 4.78 is 42.4. The number of carbonyl (C=O) groups excluding carboxylic acids is 1. The summed E-state index contributed by atoms with van der Waals surface area (Å²) in [7, 11) is 4.94. The van der Waals surface area contributed by atoms with Gasteiger partial charge in [-0.3, -0.25) is 9.59 Å². The number of likely N-dealkylation sites (N-methyl/N-ethyl adjacent to an activating group) is 1. The van der Waals surface area contributed by atoms with E-state index in [0.29, 0.717) is 34.1 Å². The molecule has 0 unspecified atom stereocenters. The molecule has 0 saturated carbocycles. The van der Waals surface area contributed by atoms with Gasteiger partial charge in [-0.15, -0.1) is 0 Å². The lowest BCUT2D eigenvalue weighted by atomic mass is 10.0. The summed E-state index contributed by atoms with van der Waals surface area (Å²) in [6.07, 6.45) is -2.93. The lowest BCUT2D eigenvalue weighted by Gasteiger charge is -2.21. The number of amides is 1. The molecule has 0 aliphatic heterocycles. The molecular formula is C27H28F3N7O2. The molecule has 0 bridgehead atoms. The van der Waals surface area contributed by atoms with Crippen LogP contribution in [-0.2, 0) is 11.3 Å². The van der Waals surface area contributed by atoms with Crippen LogP contribution in [0.15, 0.2) is 53.3 Å². The van der Waals surface area contributed by atoms with E-state index in [2.05, 4.69) is 20.4 Å². The zero-order valence-corrected chi connectivity index (χ0v) is 22.1. The molecule has 1 amide bonds. The highest BCUT2D eigenvalue weighted by atomic mass is 19.3. The molecule has 1 N–H and O–H groups in total. The zero-order valence-electron chi connectivity index (χ0n) is 22.1. The van der Waals surface area contributed by atoms with Crippen molar-refractivity contribution in [3.63, 3.8) is 0 Å². The van der Waals surface area contributed by atoms with Gasteiger partial charge in [0.2, 0.25) is 5.91 Å². The van der Waals surface area contributed by atoms with Crippen molar-refractivity contribution in [2.45, 2.75) is 32.9 Å². The standard InChI is InChI=1S/C27H28F3N7O2/c1-15(18-7-6-8-19(25(18)28)26(29)30)31-27-20-13-17(9-10-21(20)32-16(2)33-27)36(5)22-11-12-23(38)37(34-22)14-24(39)35(3)4/h6-13,15,26H,14H2,1-5H3,(H,31,32,33)/t15-/m1/s1. The minimum atomic E-state index is -2.93. The van der Waals surface area contributed by atoms with Crippen molar-refractivity contribution in [2.24, 2.45) is 0 Å². The Labute approximate surface area is 222 Å². The summed E-state index contributed by atoms with van der Waals surface area (Å²) in [5.41, 5.74) is 0.311. The van der Waals surface area contributed by atoms with Crippen LogP contribution >= 0.6 is 0 Å². The van der Waals surface area contributed by atoms with Gasteiger partial charge in [-0.25, -0.2) is 27.8 Å². The molecular weight excluding hydrogens is 511 g/mol. The molecule has 39 heavy (non-hydrogen) atoms. The summed E-state index contributed by atoms with van der Waals surface area (Å²) in [6.45, 7) is 3.18. The molecule has 1 atom stereocenters. The van der Waals surface area contributed by atoms with Gasteiger partial charge in [0.15, 0.2) is 5.82 Å². The van der Waals surface area contributed by atoms with Crippen LogP contribution < -0.4 is 15.8 Å². The van der Waals surface area contributed by atoms with Crippen molar-refractivity contribution < 1.29 is 18.0 Å². The maximum atomic E-state index is 14.8. The van der Waals surface area contributed by atoms with Crippen LogP contribution in [0.25, 0.3) is 10.9 Å². The van der Waals surface area contributed by atoms with Crippen molar-refractivity contribution >= 4 is 34.1 Å². The molecule has 0 spiro atoms. The van der Waals surface area contributed by atoms with E-state index < -0.39 is 29.4 Å². The first-order chi connectivity index (χ1) is 18.5. The summed E-state index contributed by atoms with van der Waals surface area (Å²) >= 11 is 0. The molecule has 12 heteroatoms. The number of benzene rings is 2. The van der Waals surface area contributed by atoms with Gasteiger partial charge in [0.25, 0.3) is 12.0 Å². The van der Waals surface area contributed by atoms with E-state index in [9.17, 15) is 22.8 Å². The number of fused-ring (bicyclic) bond motifs is 1. The van der Waals surface area contributed by atoms with Crippen molar-refractivity contribution in [2.75, 3.05) is 31.4 Å². The molecule has 9 nitrogen and oxygen atoms in total. The van der Waals surface area contributed by atoms with Crippen molar-refractivity contribution in [3.8, 4) is 0 Å². The van der Waals surface area contributed by atoms with Gasteiger partial charge < -0.3 is 15.1 Å².